The second-order valence-corrected chi connectivity index (χ2v) is 6.91. The van der Waals surface area contributed by atoms with Crippen molar-refractivity contribution in [2.45, 2.75) is 37.9 Å². The largest absolute Gasteiger partial charge is 0.356 e. The summed E-state index contributed by atoms with van der Waals surface area (Å²) in [5.41, 5.74) is 3.38. The van der Waals surface area contributed by atoms with Crippen molar-refractivity contribution in [1.29, 1.82) is 0 Å². The molecule has 1 saturated heterocycles. The fourth-order valence-corrected chi connectivity index (χ4v) is 3.75. The number of fused-ring (bicyclic) bond motifs is 1. The Morgan fingerprint density at radius 1 is 1.33 bits per heavy atom. The number of thioether (sulfide) groups is 1. The van der Waals surface area contributed by atoms with E-state index in [-0.39, 0.29) is 18.2 Å². The average molecular weight is 344 g/mol. The number of rotatable bonds is 4. The predicted octanol–water partition coefficient (Wildman–Crippen LogP) is 1.84. The summed E-state index contributed by atoms with van der Waals surface area (Å²) < 4.78 is 0. The Morgan fingerprint density at radius 2 is 2.17 bits per heavy atom. The van der Waals surface area contributed by atoms with Crippen LogP contribution in [0.15, 0.2) is 34.5 Å². The zero-order valence-corrected chi connectivity index (χ0v) is 14.4. The molecule has 3 rings (SSSR count). The SMILES string of the molecule is CCNC(=O)CC1S/C(=N\N=C2CCCc3ccccc32)NC1=O. The number of hydrogen-bond donors (Lipinski definition) is 2. The molecule has 2 aliphatic rings. The molecule has 24 heavy (non-hydrogen) atoms. The molecule has 2 N–H and O–H groups in total. The molecule has 0 saturated carbocycles. The molecule has 1 aliphatic heterocycles. The second kappa shape index (κ2) is 7.61. The number of carbonyl (C=O) groups is 2. The number of nitrogens with zero attached hydrogens (tertiary/aromatic N) is 2. The van der Waals surface area contributed by atoms with Gasteiger partial charge in [0.1, 0.15) is 5.25 Å². The lowest BCUT2D eigenvalue weighted by atomic mass is 9.90. The molecule has 0 aromatic heterocycles. The van der Waals surface area contributed by atoms with Crippen LogP contribution in [0.3, 0.4) is 0 Å². The molecule has 1 heterocycles. The molecule has 6 nitrogen and oxygen atoms in total. The smallest absolute Gasteiger partial charge is 0.240 e. The maximum absolute atomic E-state index is 11.9. The third-order valence-electron chi connectivity index (χ3n) is 3.97. The highest BCUT2D eigenvalue weighted by Crippen LogP contribution is 2.24. The molecule has 7 heteroatoms. The van der Waals surface area contributed by atoms with Gasteiger partial charge < -0.3 is 10.6 Å². The van der Waals surface area contributed by atoms with Crippen molar-refractivity contribution in [3.05, 3.63) is 35.4 Å². The van der Waals surface area contributed by atoms with E-state index >= 15 is 0 Å². The highest BCUT2D eigenvalue weighted by atomic mass is 32.2. The van der Waals surface area contributed by atoms with E-state index in [4.69, 9.17) is 0 Å². The van der Waals surface area contributed by atoms with Crippen molar-refractivity contribution in [3.8, 4) is 0 Å². The van der Waals surface area contributed by atoms with Crippen molar-refractivity contribution in [3.63, 3.8) is 0 Å². The van der Waals surface area contributed by atoms with Crippen LogP contribution in [0.1, 0.15) is 37.3 Å². The van der Waals surface area contributed by atoms with Gasteiger partial charge in [0.05, 0.1) is 5.71 Å². The third-order valence-corrected chi connectivity index (χ3v) is 5.04. The van der Waals surface area contributed by atoms with Crippen LogP contribution in [0.25, 0.3) is 0 Å². The van der Waals surface area contributed by atoms with Gasteiger partial charge in [0.15, 0.2) is 5.17 Å². The fourth-order valence-electron chi connectivity index (χ4n) is 2.83. The van der Waals surface area contributed by atoms with Crippen LogP contribution >= 0.6 is 11.8 Å². The standard InChI is InChI=1S/C17H20N4O2S/c1-2-18-15(22)10-14-16(23)19-17(24-14)21-20-13-9-5-7-11-6-3-4-8-12(11)13/h3-4,6,8,14H,2,5,7,9-10H2,1H3,(H,18,22)(H,19,21,23). The zero-order chi connectivity index (χ0) is 16.9. The van der Waals surface area contributed by atoms with E-state index in [2.05, 4.69) is 33.0 Å². The maximum Gasteiger partial charge on any atom is 0.240 e. The average Bonchev–Trinajstić information content (AvgIpc) is 2.93. The van der Waals surface area contributed by atoms with Crippen molar-refractivity contribution in [2.24, 2.45) is 10.2 Å². The van der Waals surface area contributed by atoms with E-state index in [0.717, 1.165) is 30.5 Å². The normalized spacial score (nSPS) is 23.2. The number of carbonyl (C=O) groups excluding carboxylic acids is 2. The van der Waals surface area contributed by atoms with Gasteiger partial charge in [-0.2, -0.15) is 5.10 Å². The first-order valence-electron chi connectivity index (χ1n) is 8.14. The van der Waals surface area contributed by atoms with E-state index in [1.807, 2.05) is 19.1 Å². The van der Waals surface area contributed by atoms with Crippen LogP contribution in [0, 0.1) is 0 Å². The number of hydrogen-bond acceptors (Lipinski definition) is 5. The molecular weight excluding hydrogens is 324 g/mol. The summed E-state index contributed by atoms with van der Waals surface area (Å²) in [4.78, 5) is 23.6. The van der Waals surface area contributed by atoms with Crippen molar-refractivity contribution in [1.82, 2.24) is 10.6 Å². The Balaban J connectivity index is 1.70. The van der Waals surface area contributed by atoms with Gasteiger partial charge in [0.2, 0.25) is 11.8 Å². The molecule has 1 aliphatic carbocycles. The zero-order valence-electron chi connectivity index (χ0n) is 13.5. The van der Waals surface area contributed by atoms with Crippen LogP contribution in [0.4, 0.5) is 0 Å². The summed E-state index contributed by atoms with van der Waals surface area (Å²) in [7, 11) is 0. The van der Waals surface area contributed by atoms with Gasteiger partial charge in [0.25, 0.3) is 0 Å². The molecule has 1 atom stereocenters. The van der Waals surface area contributed by atoms with Gasteiger partial charge in [-0.25, -0.2) is 0 Å². The molecule has 1 unspecified atom stereocenters. The molecule has 1 aromatic rings. The summed E-state index contributed by atoms with van der Waals surface area (Å²) in [6.45, 7) is 2.41. The summed E-state index contributed by atoms with van der Waals surface area (Å²) in [5.74, 6) is -0.312. The van der Waals surface area contributed by atoms with Crippen LogP contribution < -0.4 is 10.6 Å². The fraction of sp³-hybridized carbons (Fsp3) is 0.412. The van der Waals surface area contributed by atoms with Crippen molar-refractivity contribution < 1.29 is 9.59 Å². The molecule has 0 radical (unpaired) electrons. The lowest BCUT2D eigenvalue weighted by Gasteiger charge is -2.16. The van der Waals surface area contributed by atoms with E-state index in [9.17, 15) is 9.59 Å². The number of benzene rings is 1. The topological polar surface area (TPSA) is 82.9 Å². The number of amides is 2. The van der Waals surface area contributed by atoms with Gasteiger partial charge >= 0.3 is 0 Å². The number of amidine groups is 1. The van der Waals surface area contributed by atoms with Gasteiger partial charge in [0, 0.05) is 18.5 Å². The summed E-state index contributed by atoms with van der Waals surface area (Å²) >= 11 is 1.26. The molecule has 1 aromatic carbocycles. The third kappa shape index (κ3) is 3.84. The van der Waals surface area contributed by atoms with Gasteiger partial charge in [-0.3, -0.25) is 9.59 Å². The van der Waals surface area contributed by atoms with Gasteiger partial charge in [-0.1, -0.05) is 36.0 Å². The maximum atomic E-state index is 11.9. The van der Waals surface area contributed by atoms with Crippen LogP contribution in [-0.4, -0.2) is 34.5 Å². The lowest BCUT2D eigenvalue weighted by Crippen LogP contribution is -2.31. The highest BCUT2D eigenvalue weighted by Gasteiger charge is 2.32. The Morgan fingerprint density at radius 3 is 3.00 bits per heavy atom. The van der Waals surface area contributed by atoms with Crippen molar-refractivity contribution in [2.75, 3.05) is 6.54 Å². The predicted molar refractivity (Wildman–Crippen MR) is 96.2 cm³/mol. The van der Waals surface area contributed by atoms with Crippen LogP contribution in [-0.2, 0) is 16.0 Å². The molecule has 2 amide bonds. The first-order valence-corrected chi connectivity index (χ1v) is 9.02. The Bertz CT molecular complexity index is 714. The molecule has 0 spiro atoms. The molecular formula is C17H20N4O2S. The van der Waals surface area contributed by atoms with Gasteiger partial charge in [-0.05, 0) is 31.7 Å². The summed E-state index contributed by atoms with van der Waals surface area (Å²) in [6, 6.07) is 8.21. The second-order valence-electron chi connectivity index (χ2n) is 5.72. The minimum atomic E-state index is -0.436. The quantitative estimate of drug-likeness (QED) is 0.818. The van der Waals surface area contributed by atoms with E-state index in [1.165, 1.54) is 17.3 Å². The molecule has 126 valence electrons. The number of aryl methyl sites for hydroxylation is 1. The monoisotopic (exact) mass is 344 g/mol. The van der Waals surface area contributed by atoms with Crippen molar-refractivity contribution >= 4 is 34.5 Å². The lowest BCUT2D eigenvalue weighted by molar-refractivity contribution is -0.125. The molecule has 0 bridgehead atoms. The Hall–Kier alpha value is -2.15. The Labute approximate surface area is 145 Å². The minimum Gasteiger partial charge on any atom is -0.356 e. The summed E-state index contributed by atoms with van der Waals surface area (Å²) in [5, 5.41) is 14.0. The highest BCUT2D eigenvalue weighted by molar-refractivity contribution is 8.15. The van der Waals surface area contributed by atoms with E-state index < -0.39 is 5.25 Å². The van der Waals surface area contributed by atoms with Crippen LogP contribution in [0.5, 0.6) is 0 Å². The van der Waals surface area contributed by atoms with Crippen LogP contribution in [0.2, 0.25) is 0 Å². The van der Waals surface area contributed by atoms with E-state index in [1.54, 1.807) is 0 Å². The first-order chi connectivity index (χ1) is 11.7. The summed E-state index contributed by atoms with van der Waals surface area (Å²) in [6.07, 6.45) is 3.16. The van der Waals surface area contributed by atoms with Gasteiger partial charge in [-0.15, -0.1) is 5.10 Å². The Kier molecular flexibility index (Phi) is 5.30. The first kappa shape index (κ1) is 16.7. The minimum absolute atomic E-state index is 0.126. The molecule has 1 fully saturated rings. The number of nitrogens with one attached hydrogen (secondary N) is 2. The van der Waals surface area contributed by atoms with E-state index in [0.29, 0.717) is 11.7 Å².